The van der Waals surface area contributed by atoms with Crippen LogP contribution in [0.15, 0.2) is 54.6 Å². The fraction of sp³-hybridized carbons (Fsp3) is 0.227. The summed E-state index contributed by atoms with van der Waals surface area (Å²) < 4.78 is 38.6. The minimum atomic E-state index is -1.74. The van der Waals surface area contributed by atoms with Gasteiger partial charge in [-0.15, -0.1) is 0 Å². The lowest BCUT2D eigenvalue weighted by Crippen LogP contribution is -2.50. The topological polar surface area (TPSA) is 81.5 Å². The number of benzene rings is 2. The molecule has 3 rings (SSSR count). The van der Waals surface area contributed by atoms with Crippen LogP contribution in [0.25, 0.3) is 0 Å². The summed E-state index contributed by atoms with van der Waals surface area (Å²) in [7, 11) is 1.30. The molecule has 8 heteroatoms. The summed E-state index contributed by atoms with van der Waals surface area (Å²) in [5, 5.41) is 10.1. The third-order valence-corrected chi connectivity index (χ3v) is 4.65. The van der Waals surface area contributed by atoms with Crippen molar-refractivity contribution in [2.24, 2.45) is 0 Å². The SMILES string of the molecule is COC(c1ccc(F)cc1)(c1ccc(F)cc1)C(Oc1nc(C)cc(C)n1)C(=O)O. The molecule has 156 valence electrons. The minimum absolute atomic E-state index is 0.148. The lowest BCUT2D eigenvalue weighted by Gasteiger charge is -2.37. The van der Waals surface area contributed by atoms with E-state index in [0.717, 1.165) is 0 Å². The Kier molecular flexibility index (Phi) is 6.07. The van der Waals surface area contributed by atoms with E-state index in [1.54, 1.807) is 19.9 Å². The zero-order valence-electron chi connectivity index (χ0n) is 16.6. The Morgan fingerprint density at radius 3 is 1.73 bits per heavy atom. The van der Waals surface area contributed by atoms with Crippen molar-refractivity contribution >= 4 is 5.97 Å². The van der Waals surface area contributed by atoms with Gasteiger partial charge < -0.3 is 14.6 Å². The predicted octanol–water partition coefficient (Wildman–Crippen LogP) is 3.79. The maximum Gasteiger partial charge on any atom is 0.348 e. The number of nitrogens with zero attached hydrogens (tertiary/aromatic N) is 2. The summed E-state index contributed by atoms with van der Waals surface area (Å²) >= 11 is 0. The van der Waals surface area contributed by atoms with Crippen molar-refractivity contribution in [2.45, 2.75) is 25.6 Å². The van der Waals surface area contributed by atoms with E-state index < -0.39 is 29.3 Å². The number of aryl methyl sites for hydroxylation is 2. The molecule has 6 nitrogen and oxygen atoms in total. The molecule has 0 aliphatic heterocycles. The Morgan fingerprint density at radius 1 is 0.933 bits per heavy atom. The van der Waals surface area contributed by atoms with E-state index in [-0.39, 0.29) is 6.01 Å². The molecule has 30 heavy (non-hydrogen) atoms. The Morgan fingerprint density at radius 2 is 1.37 bits per heavy atom. The van der Waals surface area contributed by atoms with Gasteiger partial charge in [0.1, 0.15) is 11.6 Å². The van der Waals surface area contributed by atoms with Gasteiger partial charge in [0.15, 0.2) is 5.60 Å². The molecule has 3 aromatic rings. The smallest absolute Gasteiger partial charge is 0.348 e. The van der Waals surface area contributed by atoms with Crippen LogP contribution in [-0.2, 0) is 15.1 Å². The van der Waals surface area contributed by atoms with E-state index in [1.807, 2.05) is 0 Å². The van der Waals surface area contributed by atoms with Crippen LogP contribution in [0, 0.1) is 25.5 Å². The predicted molar refractivity (Wildman–Crippen MR) is 104 cm³/mol. The fourth-order valence-electron chi connectivity index (χ4n) is 3.37. The maximum absolute atomic E-state index is 13.6. The van der Waals surface area contributed by atoms with Gasteiger partial charge in [-0.1, -0.05) is 24.3 Å². The van der Waals surface area contributed by atoms with Gasteiger partial charge in [0.25, 0.3) is 0 Å². The lowest BCUT2D eigenvalue weighted by molar-refractivity contribution is -0.160. The zero-order valence-corrected chi connectivity index (χ0v) is 16.6. The van der Waals surface area contributed by atoms with Crippen molar-refractivity contribution in [1.29, 1.82) is 0 Å². The van der Waals surface area contributed by atoms with Crippen molar-refractivity contribution in [1.82, 2.24) is 9.97 Å². The molecule has 0 fully saturated rings. The fourth-order valence-corrected chi connectivity index (χ4v) is 3.37. The van der Waals surface area contributed by atoms with Gasteiger partial charge in [0.05, 0.1) is 0 Å². The van der Waals surface area contributed by atoms with Gasteiger partial charge in [-0.2, -0.15) is 0 Å². The maximum atomic E-state index is 13.6. The number of hydrogen-bond acceptors (Lipinski definition) is 5. The van der Waals surface area contributed by atoms with Crippen LogP contribution in [0.4, 0.5) is 8.78 Å². The number of ether oxygens (including phenoxy) is 2. The van der Waals surface area contributed by atoms with Crippen LogP contribution in [0.5, 0.6) is 6.01 Å². The highest BCUT2D eigenvalue weighted by molar-refractivity contribution is 5.76. The second kappa shape index (κ2) is 8.54. The highest BCUT2D eigenvalue weighted by Crippen LogP contribution is 2.39. The number of aromatic nitrogens is 2. The second-order valence-electron chi connectivity index (χ2n) is 6.72. The highest BCUT2D eigenvalue weighted by Gasteiger charge is 2.49. The Hall–Kier alpha value is -3.39. The van der Waals surface area contributed by atoms with Gasteiger partial charge in [-0.25, -0.2) is 23.5 Å². The second-order valence-corrected chi connectivity index (χ2v) is 6.72. The molecule has 1 unspecified atom stereocenters. The Bertz CT molecular complexity index is 974. The third kappa shape index (κ3) is 4.13. The Balaban J connectivity index is 2.22. The first-order chi connectivity index (χ1) is 14.3. The minimum Gasteiger partial charge on any atom is -0.478 e. The first-order valence-corrected chi connectivity index (χ1v) is 9.05. The molecule has 0 spiro atoms. The molecule has 0 saturated carbocycles. The van der Waals surface area contributed by atoms with Gasteiger partial charge in [0.2, 0.25) is 6.10 Å². The first-order valence-electron chi connectivity index (χ1n) is 9.05. The molecule has 1 aromatic heterocycles. The van der Waals surface area contributed by atoms with Crippen LogP contribution in [0.3, 0.4) is 0 Å². The van der Waals surface area contributed by atoms with E-state index in [4.69, 9.17) is 9.47 Å². The zero-order chi connectivity index (χ0) is 21.9. The number of carboxylic acid groups (broad SMARTS) is 1. The lowest BCUT2D eigenvalue weighted by atomic mass is 9.81. The molecule has 0 amide bonds. The normalized spacial score (nSPS) is 12.4. The summed E-state index contributed by atoms with van der Waals surface area (Å²) in [4.78, 5) is 20.6. The number of methoxy groups -OCH3 is 1. The third-order valence-electron chi connectivity index (χ3n) is 4.65. The van der Waals surface area contributed by atoms with E-state index in [1.165, 1.54) is 55.6 Å². The molecule has 1 atom stereocenters. The van der Waals surface area contributed by atoms with Crippen LogP contribution in [0.1, 0.15) is 22.5 Å². The summed E-state index contributed by atoms with van der Waals surface area (Å²) in [5.41, 5.74) is 0.0415. The molecule has 0 saturated heterocycles. The summed E-state index contributed by atoms with van der Waals surface area (Å²) in [6.07, 6.45) is -1.67. The molecule has 2 aromatic carbocycles. The van der Waals surface area contributed by atoms with Crippen LogP contribution < -0.4 is 4.74 Å². The first kappa shape index (κ1) is 21.3. The van der Waals surface area contributed by atoms with E-state index in [0.29, 0.717) is 22.5 Å². The molecular formula is C22H20F2N2O4. The van der Waals surface area contributed by atoms with Crippen molar-refractivity contribution in [2.75, 3.05) is 7.11 Å². The number of hydrogen-bond donors (Lipinski definition) is 1. The summed E-state index contributed by atoms with van der Waals surface area (Å²) in [6, 6.07) is 11.9. The number of rotatable bonds is 7. The van der Waals surface area contributed by atoms with Crippen molar-refractivity contribution in [3.63, 3.8) is 0 Å². The molecule has 1 N–H and O–H groups in total. The molecule has 0 bridgehead atoms. The number of halogens is 2. The van der Waals surface area contributed by atoms with Gasteiger partial charge >= 0.3 is 12.0 Å². The standard InChI is InChI=1S/C22H20F2N2O4/c1-13-12-14(2)26-21(25-13)30-19(20(27)28)22(29-3,15-4-8-17(23)9-5-15)16-6-10-18(24)11-7-16/h4-12,19H,1-3H3,(H,27,28). The van der Waals surface area contributed by atoms with Gasteiger partial charge in [-0.05, 0) is 55.3 Å². The summed E-state index contributed by atoms with van der Waals surface area (Å²) in [5.74, 6) is -2.38. The molecule has 0 aliphatic rings. The Labute approximate surface area is 172 Å². The quantitative estimate of drug-likeness (QED) is 0.634. The molecular weight excluding hydrogens is 394 g/mol. The number of carboxylic acids is 1. The largest absolute Gasteiger partial charge is 0.478 e. The van der Waals surface area contributed by atoms with Crippen molar-refractivity contribution < 1.29 is 28.2 Å². The van der Waals surface area contributed by atoms with E-state index >= 15 is 0 Å². The highest BCUT2D eigenvalue weighted by atomic mass is 19.1. The van der Waals surface area contributed by atoms with Crippen molar-refractivity contribution in [3.05, 3.63) is 88.7 Å². The van der Waals surface area contributed by atoms with E-state index in [2.05, 4.69) is 9.97 Å². The van der Waals surface area contributed by atoms with Crippen LogP contribution in [0.2, 0.25) is 0 Å². The van der Waals surface area contributed by atoms with Gasteiger partial charge in [0, 0.05) is 18.5 Å². The van der Waals surface area contributed by atoms with Crippen molar-refractivity contribution in [3.8, 4) is 6.01 Å². The van der Waals surface area contributed by atoms with Gasteiger partial charge in [-0.3, -0.25) is 0 Å². The molecule has 0 radical (unpaired) electrons. The molecule has 0 aliphatic carbocycles. The average Bonchev–Trinajstić information content (AvgIpc) is 2.69. The molecule has 1 heterocycles. The average molecular weight is 414 g/mol. The number of carbonyl (C=O) groups is 1. The number of aliphatic carboxylic acids is 1. The van der Waals surface area contributed by atoms with E-state index in [9.17, 15) is 18.7 Å². The van der Waals surface area contributed by atoms with Crippen LogP contribution >= 0.6 is 0 Å². The monoisotopic (exact) mass is 414 g/mol. The van der Waals surface area contributed by atoms with Crippen LogP contribution in [-0.4, -0.2) is 34.3 Å². The summed E-state index contributed by atoms with van der Waals surface area (Å²) in [6.45, 7) is 3.45.